The average molecular weight is 314 g/mol. The van der Waals surface area contributed by atoms with Gasteiger partial charge in [-0.3, -0.25) is 9.78 Å². The van der Waals surface area contributed by atoms with Crippen LogP contribution in [0.4, 0.5) is 0 Å². The summed E-state index contributed by atoms with van der Waals surface area (Å²) < 4.78 is 5.57. The van der Waals surface area contributed by atoms with Crippen molar-refractivity contribution in [2.45, 2.75) is 57.4 Å². The average Bonchev–Trinajstić information content (AvgIpc) is 2.91. The minimum Gasteiger partial charge on any atom is -0.419 e. The Kier molecular flexibility index (Phi) is 5.34. The fraction of sp³-hybridized carbons (Fsp3) is 0.529. The highest BCUT2D eigenvalue weighted by atomic mass is 16.4. The van der Waals surface area contributed by atoms with Crippen LogP contribution >= 0.6 is 0 Å². The Bertz CT molecular complexity index is 619. The number of rotatable bonds is 5. The van der Waals surface area contributed by atoms with Crippen molar-refractivity contribution in [1.82, 2.24) is 20.5 Å². The van der Waals surface area contributed by atoms with Gasteiger partial charge < -0.3 is 9.73 Å². The molecule has 122 valence electrons. The zero-order valence-electron chi connectivity index (χ0n) is 13.2. The van der Waals surface area contributed by atoms with E-state index in [1.54, 1.807) is 6.20 Å². The normalized spacial score (nSPS) is 16.0. The number of aryl methyl sites for hydroxylation is 1. The van der Waals surface area contributed by atoms with Crippen molar-refractivity contribution >= 4 is 5.91 Å². The second-order valence-corrected chi connectivity index (χ2v) is 5.97. The molecular weight excluding hydrogens is 292 g/mol. The summed E-state index contributed by atoms with van der Waals surface area (Å²) in [6.45, 7) is 0. The smallest absolute Gasteiger partial charge is 0.266 e. The Morgan fingerprint density at radius 2 is 2.00 bits per heavy atom. The van der Waals surface area contributed by atoms with Crippen LogP contribution in [0.5, 0.6) is 0 Å². The van der Waals surface area contributed by atoms with Crippen molar-refractivity contribution < 1.29 is 9.21 Å². The fourth-order valence-corrected chi connectivity index (χ4v) is 2.89. The third kappa shape index (κ3) is 4.61. The summed E-state index contributed by atoms with van der Waals surface area (Å²) in [6.07, 6.45) is 9.68. The first-order valence-corrected chi connectivity index (χ1v) is 8.34. The Hall–Kier alpha value is -2.24. The van der Waals surface area contributed by atoms with Gasteiger partial charge in [-0.15, -0.1) is 10.2 Å². The number of amides is 1. The lowest BCUT2D eigenvalue weighted by Gasteiger charge is -2.15. The number of aromatic nitrogens is 3. The molecule has 0 aliphatic heterocycles. The van der Waals surface area contributed by atoms with E-state index in [2.05, 4.69) is 20.5 Å². The number of hydrogen-bond acceptors (Lipinski definition) is 5. The molecule has 0 aromatic carbocycles. The molecule has 1 aliphatic rings. The Morgan fingerprint density at radius 3 is 2.74 bits per heavy atom. The lowest BCUT2D eigenvalue weighted by atomic mass is 10.1. The lowest BCUT2D eigenvalue weighted by Crippen LogP contribution is -2.34. The zero-order chi connectivity index (χ0) is 15.9. The van der Waals surface area contributed by atoms with E-state index >= 15 is 0 Å². The van der Waals surface area contributed by atoms with Crippen LogP contribution < -0.4 is 5.32 Å². The Labute approximate surface area is 135 Å². The van der Waals surface area contributed by atoms with E-state index in [9.17, 15) is 4.79 Å². The maximum Gasteiger partial charge on any atom is 0.266 e. The van der Waals surface area contributed by atoms with Crippen LogP contribution in [0, 0.1) is 0 Å². The molecule has 0 radical (unpaired) electrons. The number of nitrogens with zero attached hydrogens (tertiary/aromatic N) is 3. The van der Waals surface area contributed by atoms with E-state index < -0.39 is 0 Å². The maximum absolute atomic E-state index is 12.1. The molecule has 1 fully saturated rings. The van der Waals surface area contributed by atoms with Crippen molar-refractivity contribution in [1.29, 1.82) is 0 Å². The van der Waals surface area contributed by atoms with Crippen LogP contribution in [-0.2, 0) is 11.2 Å². The first kappa shape index (κ1) is 15.6. The summed E-state index contributed by atoms with van der Waals surface area (Å²) in [7, 11) is 0. The van der Waals surface area contributed by atoms with E-state index in [1.165, 1.54) is 25.7 Å². The molecule has 0 unspecified atom stereocenters. The van der Waals surface area contributed by atoms with Crippen LogP contribution in [0.1, 0.15) is 50.8 Å². The van der Waals surface area contributed by atoms with Gasteiger partial charge in [-0.2, -0.15) is 0 Å². The molecule has 1 aliphatic carbocycles. The summed E-state index contributed by atoms with van der Waals surface area (Å²) >= 11 is 0. The SMILES string of the molecule is O=C(CCc1nnc(-c2ccccn2)o1)NC1CCCCCC1. The molecule has 1 amide bonds. The first-order valence-electron chi connectivity index (χ1n) is 8.34. The van der Waals surface area contributed by atoms with Gasteiger partial charge in [-0.05, 0) is 25.0 Å². The van der Waals surface area contributed by atoms with E-state index in [1.807, 2.05) is 18.2 Å². The second-order valence-electron chi connectivity index (χ2n) is 5.97. The molecule has 23 heavy (non-hydrogen) atoms. The molecule has 6 nitrogen and oxygen atoms in total. The van der Waals surface area contributed by atoms with Gasteiger partial charge in [0.2, 0.25) is 11.8 Å². The van der Waals surface area contributed by atoms with E-state index in [0.717, 1.165) is 12.8 Å². The number of hydrogen-bond donors (Lipinski definition) is 1. The molecule has 0 atom stereocenters. The van der Waals surface area contributed by atoms with E-state index in [4.69, 9.17) is 4.42 Å². The van der Waals surface area contributed by atoms with Crippen molar-refractivity contribution in [2.75, 3.05) is 0 Å². The van der Waals surface area contributed by atoms with Gasteiger partial charge in [0.25, 0.3) is 5.89 Å². The van der Waals surface area contributed by atoms with E-state index in [0.29, 0.717) is 36.4 Å². The fourth-order valence-electron chi connectivity index (χ4n) is 2.89. The third-order valence-corrected chi connectivity index (χ3v) is 4.14. The molecule has 0 bridgehead atoms. The maximum atomic E-state index is 12.1. The van der Waals surface area contributed by atoms with Crippen molar-refractivity contribution in [2.24, 2.45) is 0 Å². The van der Waals surface area contributed by atoms with Gasteiger partial charge in [0.1, 0.15) is 5.69 Å². The van der Waals surface area contributed by atoms with Crippen LogP contribution in [0.15, 0.2) is 28.8 Å². The molecular formula is C17H22N4O2. The molecule has 3 rings (SSSR count). The molecule has 2 aromatic heterocycles. The molecule has 0 spiro atoms. The molecule has 1 N–H and O–H groups in total. The second kappa shape index (κ2) is 7.85. The Balaban J connectivity index is 1.48. The predicted octanol–water partition coefficient (Wildman–Crippen LogP) is 2.90. The highest BCUT2D eigenvalue weighted by molar-refractivity contribution is 5.76. The van der Waals surface area contributed by atoms with Gasteiger partial charge in [0.15, 0.2) is 0 Å². The lowest BCUT2D eigenvalue weighted by molar-refractivity contribution is -0.121. The summed E-state index contributed by atoms with van der Waals surface area (Å²) in [4.78, 5) is 16.2. The van der Waals surface area contributed by atoms with E-state index in [-0.39, 0.29) is 5.91 Å². The molecule has 1 saturated carbocycles. The minimum absolute atomic E-state index is 0.0643. The predicted molar refractivity (Wildman–Crippen MR) is 85.5 cm³/mol. The van der Waals surface area contributed by atoms with Gasteiger partial charge in [-0.25, -0.2) is 0 Å². The molecule has 2 heterocycles. The highest BCUT2D eigenvalue weighted by Crippen LogP contribution is 2.18. The monoisotopic (exact) mass is 314 g/mol. The van der Waals surface area contributed by atoms with Crippen molar-refractivity contribution in [3.8, 4) is 11.6 Å². The standard InChI is InChI=1S/C17H22N4O2/c22-15(19-13-7-3-1-2-4-8-13)10-11-16-20-21-17(23-16)14-9-5-6-12-18-14/h5-6,9,12-13H,1-4,7-8,10-11H2,(H,19,22). The van der Waals surface area contributed by atoms with Crippen LogP contribution in [-0.4, -0.2) is 27.1 Å². The number of nitrogens with one attached hydrogen (secondary N) is 1. The number of pyridine rings is 1. The number of carbonyl (C=O) groups excluding carboxylic acids is 1. The van der Waals surface area contributed by atoms with Gasteiger partial charge >= 0.3 is 0 Å². The first-order chi connectivity index (χ1) is 11.3. The number of carbonyl (C=O) groups is 1. The third-order valence-electron chi connectivity index (χ3n) is 4.14. The van der Waals surface area contributed by atoms with Crippen LogP contribution in [0.3, 0.4) is 0 Å². The van der Waals surface area contributed by atoms with Crippen molar-refractivity contribution in [3.05, 3.63) is 30.3 Å². The summed E-state index contributed by atoms with van der Waals surface area (Å²) in [5, 5.41) is 11.1. The minimum atomic E-state index is 0.0643. The molecule has 2 aromatic rings. The molecule has 6 heteroatoms. The largest absolute Gasteiger partial charge is 0.419 e. The van der Waals surface area contributed by atoms with Crippen LogP contribution in [0.2, 0.25) is 0 Å². The Morgan fingerprint density at radius 1 is 1.17 bits per heavy atom. The van der Waals surface area contributed by atoms with Crippen molar-refractivity contribution in [3.63, 3.8) is 0 Å². The quantitative estimate of drug-likeness (QED) is 0.858. The summed E-state index contributed by atoms with van der Waals surface area (Å²) in [5.41, 5.74) is 0.647. The van der Waals surface area contributed by atoms with Gasteiger partial charge in [0, 0.05) is 25.1 Å². The zero-order valence-corrected chi connectivity index (χ0v) is 13.2. The van der Waals surface area contributed by atoms with Crippen LogP contribution in [0.25, 0.3) is 11.6 Å². The molecule has 0 saturated heterocycles. The summed E-state index contributed by atoms with van der Waals surface area (Å²) in [6, 6.07) is 5.85. The highest BCUT2D eigenvalue weighted by Gasteiger charge is 2.16. The summed E-state index contributed by atoms with van der Waals surface area (Å²) in [5.74, 6) is 0.931. The topological polar surface area (TPSA) is 80.9 Å². The van der Waals surface area contributed by atoms with Gasteiger partial charge in [-0.1, -0.05) is 31.7 Å². The van der Waals surface area contributed by atoms with Gasteiger partial charge in [0.05, 0.1) is 0 Å².